The molecular formula is C22H27ClN4O2. The first-order valence-electron chi connectivity index (χ1n) is 9.85. The van der Waals surface area contributed by atoms with E-state index in [0.29, 0.717) is 23.8 Å². The summed E-state index contributed by atoms with van der Waals surface area (Å²) in [7, 11) is 0. The molecule has 29 heavy (non-hydrogen) atoms. The minimum Gasteiger partial charge on any atom is -0.351 e. The molecule has 2 N–H and O–H groups in total. The van der Waals surface area contributed by atoms with E-state index in [1.54, 1.807) is 12.1 Å². The highest BCUT2D eigenvalue weighted by Gasteiger charge is 2.26. The van der Waals surface area contributed by atoms with Crippen LogP contribution in [0.3, 0.4) is 0 Å². The van der Waals surface area contributed by atoms with E-state index in [1.807, 2.05) is 49.4 Å². The SMILES string of the molecule is CC(C(=O)NCc1ccccc1)N1CCN(CC(=O)Nc2ccccc2Cl)CC1. The lowest BCUT2D eigenvalue weighted by molar-refractivity contribution is -0.127. The Labute approximate surface area is 176 Å². The van der Waals surface area contributed by atoms with Gasteiger partial charge in [0.1, 0.15) is 0 Å². The minimum absolute atomic E-state index is 0.0266. The molecule has 1 fully saturated rings. The van der Waals surface area contributed by atoms with Crippen LogP contribution in [0.5, 0.6) is 0 Å². The van der Waals surface area contributed by atoms with E-state index in [4.69, 9.17) is 11.6 Å². The van der Waals surface area contributed by atoms with Gasteiger partial charge in [-0.15, -0.1) is 0 Å². The number of carbonyl (C=O) groups is 2. The summed E-state index contributed by atoms with van der Waals surface area (Å²) in [4.78, 5) is 29.0. The van der Waals surface area contributed by atoms with Crippen LogP contribution in [0.2, 0.25) is 5.02 Å². The summed E-state index contributed by atoms with van der Waals surface area (Å²) in [6, 6.07) is 16.9. The second-order valence-electron chi connectivity index (χ2n) is 7.22. The van der Waals surface area contributed by atoms with E-state index < -0.39 is 0 Å². The van der Waals surface area contributed by atoms with Gasteiger partial charge in [0.05, 0.1) is 23.3 Å². The van der Waals surface area contributed by atoms with Crippen molar-refractivity contribution in [3.63, 3.8) is 0 Å². The molecule has 1 aliphatic heterocycles. The molecule has 1 unspecified atom stereocenters. The number of hydrogen-bond donors (Lipinski definition) is 2. The monoisotopic (exact) mass is 414 g/mol. The van der Waals surface area contributed by atoms with Crippen LogP contribution in [0.25, 0.3) is 0 Å². The summed E-state index contributed by atoms with van der Waals surface area (Å²) in [6.45, 7) is 5.76. The molecule has 0 aromatic heterocycles. The number of rotatable bonds is 7. The maximum Gasteiger partial charge on any atom is 0.238 e. The van der Waals surface area contributed by atoms with Gasteiger partial charge in [-0.2, -0.15) is 0 Å². The first-order valence-corrected chi connectivity index (χ1v) is 10.2. The van der Waals surface area contributed by atoms with Gasteiger partial charge < -0.3 is 10.6 Å². The molecule has 1 aliphatic rings. The smallest absolute Gasteiger partial charge is 0.238 e. The Morgan fingerprint density at radius 2 is 1.66 bits per heavy atom. The number of carbonyl (C=O) groups excluding carboxylic acids is 2. The van der Waals surface area contributed by atoms with Crippen molar-refractivity contribution in [2.45, 2.75) is 19.5 Å². The lowest BCUT2D eigenvalue weighted by Crippen LogP contribution is -2.54. The molecule has 1 saturated heterocycles. The van der Waals surface area contributed by atoms with E-state index in [1.165, 1.54) is 0 Å². The number of hydrogen-bond acceptors (Lipinski definition) is 4. The van der Waals surface area contributed by atoms with Gasteiger partial charge in [0.15, 0.2) is 0 Å². The summed E-state index contributed by atoms with van der Waals surface area (Å²) in [5.74, 6) is -0.0565. The summed E-state index contributed by atoms with van der Waals surface area (Å²) >= 11 is 6.09. The quantitative estimate of drug-likeness (QED) is 0.731. The number of piperazine rings is 1. The fourth-order valence-electron chi connectivity index (χ4n) is 3.36. The van der Waals surface area contributed by atoms with Crippen molar-refractivity contribution in [2.24, 2.45) is 0 Å². The normalized spacial score (nSPS) is 16.2. The highest BCUT2D eigenvalue weighted by atomic mass is 35.5. The van der Waals surface area contributed by atoms with Crippen LogP contribution < -0.4 is 10.6 Å². The molecule has 2 amide bonds. The molecule has 0 radical (unpaired) electrons. The maximum absolute atomic E-state index is 12.5. The molecule has 6 nitrogen and oxygen atoms in total. The highest BCUT2D eigenvalue weighted by molar-refractivity contribution is 6.33. The summed E-state index contributed by atoms with van der Waals surface area (Å²) in [5.41, 5.74) is 1.71. The zero-order chi connectivity index (χ0) is 20.6. The molecular weight excluding hydrogens is 388 g/mol. The zero-order valence-corrected chi connectivity index (χ0v) is 17.4. The summed E-state index contributed by atoms with van der Waals surface area (Å²) in [6.07, 6.45) is 0. The Bertz CT molecular complexity index is 823. The number of anilines is 1. The number of para-hydroxylation sites is 1. The molecule has 0 aliphatic carbocycles. The molecule has 154 valence electrons. The Morgan fingerprint density at radius 1 is 1.00 bits per heavy atom. The van der Waals surface area contributed by atoms with Gasteiger partial charge in [-0.3, -0.25) is 19.4 Å². The number of nitrogens with one attached hydrogen (secondary N) is 2. The van der Waals surface area contributed by atoms with Crippen molar-refractivity contribution >= 4 is 29.1 Å². The third-order valence-corrected chi connectivity index (χ3v) is 5.49. The first kappa shape index (κ1) is 21.3. The topological polar surface area (TPSA) is 64.7 Å². The van der Waals surface area contributed by atoms with Gasteiger partial charge in [-0.1, -0.05) is 54.1 Å². The summed E-state index contributed by atoms with van der Waals surface area (Å²) < 4.78 is 0. The van der Waals surface area contributed by atoms with Crippen molar-refractivity contribution in [3.05, 3.63) is 65.2 Å². The van der Waals surface area contributed by atoms with Gasteiger partial charge in [0, 0.05) is 32.7 Å². The Kier molecular flexibility index (Phi) is 7.63. The number of benzene rings is 2. The largest absolute Gasteiger partial charge is 0.351 e. The Morgan fingerprint density at radius 3 is 2.34 bits per heavy atom. The van der Waals surface area contributed by atoms with Crippen LogP contribution in [0, 0.1) is 0 Å². The molecule has 3 rings (SSSR count). The third kappa shape index (κ3) is 6.29. The molecule has 7 heteroatoms. The van der Waals surface area contributed by atoms with Crippen LogP contribution in [0.4, 0.5) is 5.69 Å². The van der Waals surface area contributed by atoms with Crippen molar-refractivity contribution in [1.29, 1.82) is 0 Å². The first-order chi connectivity index (χ1) is 14.0. The summed E-state index contributed by atoms with van der Waals surface area (Å²) in [5, 5.41) is 6.38. The second kappa shape index (κ2) is 10.4. The van der Waals surface area contributed by atoms with Crippen molar-refractivity contribution in [3.8, 4) is 0 Å². The number of halogens is 1. The Hall–Kier alpha value is -2.41. The molecule has 0 spiro atoms. The van der Waals surface area contributed by atoms with Crippen LogP contribution in [0.15, 0.2) is 54.6 Å². The van der Waals surface area contributed by atoms with Crippen molar-refractivity contribution < 1.29 is 9.59 Å². The molecule has 2 aromatic rings. The lowest BCUT2D eigenvalue weighted by atomic mass is 10.2. The highest BCUT2D eigenvalue weighted by Crippen LogP contribution is 2.20. The van der Waals surface area contributed by atoms with Gasteiger partial charge in [-0.25, -0.2) is 0 Å². The van der Waals surface area contributed by atoms with Gasteiger partial charge in [0.25, 0.3) is 0 Å². The van der Waals surface area contributed by atoms with Gasteiger partial charge >= 0.3 is 0 Å². The van der Waals surface area contributed by atoms with Gasteiger partial charge in [-0.05, 0) is 24.6 Å². The maximum atomic E-state index is 12.5. The lowest BCUT2D eigenvalue weighted by Gasteiger charge is -2.37. The molecule has 0 bridgehead atoms. The van der Waals surface area contributed by atoms with E-state index in [2.05, 4.69) is 20.4 Å². The minimum atomic E-state index is -0.196. The standard InChI is InChI=1S/C22H27ClN4O2/c1-17(22(29)24-15-18-7-3-2-4-8-18)27-13-11-26(12-14-27)16-21(28)25-20-10-6-5-9-19(20)23/h2-10,17H,11-16H2,1H3,(H,24,29)(H,25,28). The zero-order valence-electron chi connectivity index (χ0n) is 16.6. The van der Waals surface area contributed by atoms with E-state index in [9.17, 15) is 9.59 Å². The Balaban J connectivity index is 1.40. The molecule has 0 saturated carbocycles. The average molecular weight is 415 g/mol. The second-order valence-corrected chi connectivity index (χ2v) is 7.63. The van der Waals surface area contributed by atoms with Crippen LogP contribution in [-0.2, 0) is 16.1 Å². The van der Waals surface area contributed by atoms with Crippen molar-refractivity contribution in [2.75, 3.05) is 38.0 Å². The van der Waals surface area contributed by atoms with E-state index in [0.717, 1.165) is 31.7 Å². The van der Waals surface area contributed by atoms with Gasteiger partial charge in [0.2, 0.25) is 11.8 Å². The number of nitrogens with zero attached hydrogens (tertiary/aromatic N) is 2. The molecule has 2 aromatic carbocycles. The third-order valence-electron chi connectivity index (χ3n) is 5.16. The molecule has 1 heterocycles. The van der Waals surface area contributed by atoms with Crippen molar-refractivity contribution in [1.82, 2.24) is 15.1 Å². The fraction of sp³-hybridized carbons (Fsp3) is 0.364. The van der Waals surface area contributed by atoms with Crippen LogP contribution >= 0.6 is 11.6 Å². The van der Waals surface area contributed by atoms with Crippen LogP contribution in [-0.4, -0.2) is 60.4 Å². The predicted molar refractivity (Wildman–Crippen MR) is 116 cm³/mol. The van der Waals surface area contributed by atoms with E-state index >= 15 is 0 Å². The predicted octanol–water partition coefficient (Wildman–Crippen LogP) is 2.60. The number of amides is 2. The van der Waals surface area contributed by atoms with Crippen LogP contribution in [0.1, 0.15) is 12.5 Å². The average Bonchev–Trinajstić information content (AvgIpc) is 2.74. The molecule has 1 atom stereocenters. The fourth-order valence-corrected chi connectivity index (χ4v) is 3.55. The van der Waals surface area contributed by atoms with E-state index in [-0.39, 0.29) is 17.9 Å².